The Labute approximate surface area is 83.1 Å². The van der Waals surface area contributed by atoms with Gasteiger partial charge in [0.15, 0.2) is 0 Å². The third-order valence-electron chi connectivity index (χ3n) is 2.14. The molecular formula is C9H17NO4. The van der Waals surface area contributed by atoms with Gasteiger partial charge in [-0.1, -0.05) is 13.0 Å². The van der Waals surface area contributed by atoms with Crippen molar-refractivity contribution in [2.45, 2.75) is 18.9 Å². The Balaban J connectivity index is 4.00. The first-order valence-corrected chi connectivity index (χ1v) is 4.46. The fourth-order valence-electron chi connectivity index (χ4n) is 0.946. The first kappa shape index (κ1) is 13.1. The number of carboxylic acids is 1. The summed E-state index contributed by atoms with van der Waals surface area (Å²) in [6.45, 7) is 1.78. The lowest BCUT2D eigenvalue weighted by Gasteiger charge is -2.29. The summed E-state index contributed by atoms with van der Waals surface area (Å²) in [6.07, 6.45) is 3.02. The van der Waals surface area contributed by atoms with E-state index in [1.54, 1.807) is 0 Å². The first-order chi connectivity index (χ1) is 6.60. The van der Waals surface area contributed by atoms with Crippen LogP contribution in [0.25, 0.3) is 0 Å². The van der Waals surface area contributed by atoms with Crippen molar-refractivity contribution in [3.63, 3.8) is 0 Å². The Kier molecular flexibility index (Phi) is 6.11. The summed E-state index contributed by atoms with van der Waals surface area (Å²) >= 11 is 0. The van der Waals surface area contributed by atoms with Crippen molar-refractivity contribution in [2.24, 2.45) is 0 Å². The lowest BCUT2D eigenvalue weighted by molar-refractivity contribution is -0.131. The van der Waals surface area contributed by atoms with E-state index in [1.807, 2.05) is 6.92 Å². The zero-order valence-electron chi connectivity index (χ0n) is 8.23. The van der Waals surface area contributed by atoms with Gasteiger partial charge in [0.25, 0.3) is 0 Å². The molecule has 0 aliphatic carbocycles. The summed E-state index contributed by atoms with van der Waals surface area (Å²) in [4.78, 5) is 10.1. The minimum atomic E-state index is -1.01. The van der Waals surface area contributed by atoms with Gasteiger partial charge < -0.3 is 20.6 Å². The number of nitrogens with one attached hydrogen (secondary N) is 1. The Morgan fingerprint density at radius 2 is 2.00 bits per heavy atom. The van der Waals surface area contributed by atoms with Crippen molar-refractivity contribution >= 4 is 5.97 Å². The number of aliphatic hydroxyl groups excluding tert-OH is 2. The van der Waals surface area contributed by atoms with Crippen molar-refractivity contribution in [1.29, 1.82) is 0 Å². The maximum Gasteiger partial charge on any atom is 0.328 e. The SMILES string of the molecule is CCC(CO)(CO)NC/C=C/C(=O)O. The van der Waals surface area contributed by atoms with Crippen LogP contribution in [0.2, 0.25) is 0 Å². The normalized spacial score (nSPS) is 12.2. The van der Waals surface area contributed by atoms with Crippen LogP contribution >= 0.6 is 0 Å². The highest BCUT2D eigenvalue weighted by Crippen LogP contribution is 2.07. The van der Waals surface area contributed by atoms with E-state index in [9.17, 15) is 4.79 Å². The molecule has 0 aromatic carbocycles. The molecule has 0 spiro atoms. The number of hydrogen-bond donors (Lipinski definition) is 4. The first-order valence-electron chi connectivity index (χ1n) is 4.46. The van der Waals surface area contributed by atoms with Crippen molar-refractivity contribution in [2.75, 3.05) is 19.8 Å². The van der Waals surface area contributed by atoms with Crippen molar-refractivity contribution in [3.05, 3.63) is 12.2 Å². The number of carbonyl (C=O) groups is 1. The molecule has 0 radical (unpaired) electrons. The number of carboxylic acid groups (broad SMARTS) is 1. The smallest absolute Gasteiger partial charge is 0.328 e. The van der Waals surface area contributed by atoms with Gasteiger partial charge in [0, 0.05) is 12.6 Å². The lowest BCUT2D eigenvalue weighted by Crippen LogP contribution is -2.51. The van der Waals surface area contributed by atoms with Crippen molar-refractivity contribution in [3.8, 4) is 0 Å². The minimum absolute atomic E-state index is 0.180. The van der Waals surface area contributed by atoms with Gasteiger partial charge in [0.05, 0.1) is 18.8 Å². The van der Waals surface area contributed by atoms with Crippen LogP contribution in [-0.2, 0) is 4.79 Å². The minimum Gasteiger partial charge on any atom is -0.478 e. The van der Waals surface area contributed by atoms with Gasteiger partial charge in [-0.05, 0) is 6.42 Å². The molecule has 0 aromatic rings. The summed E-state index contributed by atoms with van der Waals surface area (Å²) in [5.41, 5.74) is -0.719. The van der Waals surface area contributed by atoms with Gasteiger partial charge in [-0.2, -0.15) is 0 Å². The van der Waals surface area contributed by atoms with Crippen LogP contribution in [0.1, 0.15) is 13.3 Å². The van der Waals surface area contributed by atoms with Crippen LogP contribution in [0.15, 0.2) is 12.2 Å². The number of aliphatic carboxylic acids is 1. The predicted octanol–water partition coefficient (Wildman–Crippen LogP) is -0.650. The average molecular weight is 203 g/mol. The molecule has 0 aliphatic heterocycles. The van der Waals surface area contributed by atoms with E-state index in [-0.39, 0.29) is 13.2 Å². The topological polar surface area (TPSA) is 89.8 Å². The summed E-state index contributed by atoms with van der Waals surface area (Å²) in [6, 6.07) is 0. The highest BCUT2D eigenvalue weighted by atomic mass is 16.4. The fourth-order valence-corrected chi connectivity index (χ4v) is 0.946. The van der Waals surface area contributed by atoms with Gasteiger partial charge >= 0.3 is 5.97 Å². The summed E-state index contributed by atoms with van der Waals surface area (Å²) in [5.74, 6) is -1.01. The molecule has 0 aromatic heterocycles. The van der Waals surface area contributed by atoms with E-state index in [0.717, 1.165) is 6.08 Å². The average Bonchev–Trinajstić information content (AvgIpc) is 2.19. The van der Waals surface area contributed by atoms with Crippen LogP contribution in [0.4, 0.5) is 0 Å². The molecule has 5 heteroatoms. The number of aliphatic hydroxyl groups is 2. The molecule has 82 valence electrons. The van der Waals surface area contributed by atoms with E-state index < -0.39 is 11.5 Å². The van der Waals surface area contributed by atoms with E-state index >= 15 is 0 Å². The maximum atomic E-state index is 10.1. The predicted molar refractivity (Wildman–Crippen MR) is 52.0 cm³/mol. The van der Waals surface area contributed by atoms with Crippen LogP contribution < -0.4 is 5.32 Å². The second-order valence-electron chi connectivity index (χ2n) is 3.07. The third kappa shape index (κ3) is 4.36. The Hall–Kier alpha value is -0.910. The molecule has 0 atom stereocenters. The Morgan fingerprint density at radius 3 is 2.36 bits per heavy atom. The monoisotopic (exact) mass is 203 g/mol. The molecule has 0 saturated heterocycles. The summed E-state index contributed by atoms with van der Waals surface area (Å²) < 4.78 is 0. The lowest BCUT2D eigenvalue weighted by atomic mass is 9.98. The summed E-state index contributed by atoms with van der Waals surface area (Å²) in [7, 11) is 0. The Morgan fingerprint density at radius 1 is 1.43 bits per heavy atom. The van der Waals surface area contributed by atoms with E-state index in [0.29, 0.717) is 13.0 Å². The molecule has 14 heavy (non-hydrogen) atoms. The van der Waals surface area contributed by atoms with Crippen LogP contribution in [-0.4, -0.2) is 46.6 Å². The van der Waals surface area contributed by atoms with E-state index in [1.165, 1.54) is 6.08 Å². The molecule has 5 nitrogen and oxygen atoms in total. The summed E-state index contributed by atoms with van der Waals surface area (Å²) in [5, 5.41) is 29.2. The quantitative estimate of drug-likeness (QED) is 0.413. The zero-order chi connectivity index (χ0) is 11.0. The molecule has 0 aliphatic rings. The molecule has 4 N–H and O–H groups in total. The van der Waals surface area contributed by atoms with Crippen LogP contribution in [0.5, 0.6) is 0 Å². The Bertz CT molecular complexity index is 191. The highest BCUT2D eigenvalue weighted by Gasteiger charge is 2.24. The second kappa shape index (κ2) is 6.53. The van der Waals surface area contributed by atoms with Gasteiger partial charge in [0.2, 0.25) is 0 Å². The van der Waals surface area contributed by atoms with Gasteiger partial charge in [-0.25, -0.2) is 4.79 Å². The molecule has 0 unspecified atom stereocenters. The number of hydrogen-bond acceptors (Lipinski definition) is 4. The van der Waals surface area contributed by atoms with E-state index in [2.05, 4.69) is 5.32 Å². The molecular weight excluding hydrogens is 186 g/mol. The fraction of sp³-hybridized carbons (Fsp3) is 0.667. The molecule has 0 saturated carbocycles. The second-order valence-corrected chi connectivity index (χ2v) is 3.07. The molecule has 0 fully saturated rings. The third-order valence-corrected chi connectivity index (χ3v) is 2.14. The van der Waals surface area contributed by atoms with Crippen LogP contribution in [0, 0.1) is 0 Å². The molecule has 0 amide bonds. The van der Waals surface area contributed by atoms with Gasteiger partial charge in [-0.15, -0.1) is 0 Å². The van der Waals surface area contributed by atoms with Gasteiger partial charge in [-0.3, -0.25) is 0 Å². The number of rotatable bonds is 7. The van der Waals surface area contributed by atoms with Crippen molar-refractivity contribution in [1.82, 2.24) is 5.32 Å². The maximum absolute atomic E-state index is 10.1. The molecule has 0 heterocycles. The van der Waals surface area contributed by atoms with Gasteiger partial charge in [0.1, 0.15) is 0 Å². The molecule has 0 rings (SSSR count). The zero-order valence-corrected chi connectivity index (χ0v) is 8.23. The largest absolute Gasteiger partial charge is 0.478 e. The highest BCUT2D eigenvalue weighted by molar-refractivity contribution is 5.79. The standard InChI is InChI=1S/C9H17NO4/c1-2-9(6-11,7-12)10-5-3-4-8(13)14/h3-4,10-12H,2,5-7H2,1H3,(H,13,14)/b4-3+. The van der Waals surface area contributed by atoms with E-state index in [4.69, 9.17) is 15.3 Å². The molecule has 0 bridgehead atoms. The van der Waals surface area contributed by atoms with Crippen LogP contribution in [0.3, 0.4) is 0 Å². The van der Waals surface area contributed by atoms with Crippen molar-refractivity contribution < 1.29 is 20.1 Å².